The summed E-state index contributed by atoms with van der Waals surface area (Å²) in [4.78, 5) is 14.6. The summed E-state index contributed by atoms with van der Waals surface area (Å²) in [6.07, 6.45) is 2.19. The zero-order valence-electron chi connectivity index (χ0n) is 16.4. The molecule has 150 valence electrons. The van der Waals surface area contributed by atoms with E-state index >= 15 is 0 Å². The summed E-state index contributed by atoms with van der Waals surface area (Å²) in [5.74, 6) is 1.37. The van der Waals surface area contributed by atoms with Crippen LogP contribution < -0.4 is 14.8 Å². The molecule has 28 heavy (non-hydrogen) atoms. The number of nitrogens with one attached hydrogen (secondary N) is 1. The average molecular weight is 386 g/mol. The predicted molar refractivity (Wildman–Crippen MR) is 106 cm³/mol. The van der Waals surface area contributed by atoms with Crippen molar-refractivity contribution in [1.82, 2.24) is 10.2 Å². The molecule has 1 fully saturated rings. The molecular weight excluding hydrogens is 359 g/mol. The van der Waals surface area contributed by atoms with Crippen LogP contribution in [0.1, 0.15) is 28.8 Å². The SMILES string of the molecule is COc1ccc(CN2CCC[C@@H](CNC(=O)c3ccc(F)cc3)C2)cc1OC. The first-order chi connectivity index (χ1) is 13.6. The standard InChI is InChI=1S/C22H27FN2O3/c1-27-20-10-5-16(12-21(20)28-2)14-25-11-3-4-17(15-25)13-24-22(26)18-6-8-19(23)9-7-18/h5-10,12,17H,3-4,11,13-15H2,1-2H3,(H,24,26)/t17-/m0/s1. The third-order valence-electron chi connectivity index (χ3n) is 5.11. The van der Waals surface area contributed by atoms with Gasteiger partial charge in [0.1, 0.15) is 5.82 Å². The van der Waals surface area contributed by atoms with Gasteiger partial charge in [-0.05, 0) is 67.3 Å². The molecule has 1 aliphatic rings. The molecule has 0 unspecified atom stereocenters. The molecule has 2 aromatic rings. The van der Waals surface area contributed by atoms with Gasteiger partial charge in [0.15, 0.2) is 11.5 Å². The lowest BCUT2D eigenvalue weighted by Crippen LogP contribution is -2.40. The van der Waals surface area contributed by atoms with Crippen LogP contribution in [0.5, 0.6) is 11.5 Å². The van der Waals surface area contributed by atoms with E-state index in [2.05, 4.69) is 16.3 Å². The minimum atomic E-state index is -0.338. The Morgan fingerprint density at radius 2 is 1.89 bits per heavy atom. The number of benzene rings is 2. The number of nitrogens with zero attached hydrogens (tertiary/aromatic N) is 1. The van der Waals surface area contributed by atoms with Crippen molar-refractivity contribution in [2.75, 3.05) is 33.9 Å². The number of carbonyl (C=O) groups excluding carboxylic acids is 1. The minimum absolute atomic E-state index is 0.156. The van der Waals surface area contributed by atoms with E-state index in [-0.39, 0.29) is 11.7 Å². The van der Waals surface area contributed by atoms with E-state index in [1.54, 1.807) is 14.2 Å². The smallest absolute Gasteiger partial charge is 0.251 e. The van der Waals surface area contributed by atoms with E-state index in [1.165, 1.54) is 29.8 Å². The predicted octanol–water partition coefficient (Wildman–Crippen LogP) is 3.48. The average Bonchev–Trinajstić information content (AvgIpc) is 2.72. The lowest BCUT2D eigenvalue weighted by molar-refractivity contribution is 0.0930. The van der Waals surface area contributed by atoms with Crippen molar-refractivity contribution in [3.8, 4) is 11.5 Å². The molecule has 0 bridgehead atoms. The van der Waals surface area contributed by atoms with Crippen LogP contribution in [0.4, 0.5) is 4.39 Å². The van der Waals surface area contributed by atoms with Crippen LogP contribution in [-0.4, -0.2) is 44.7 Å². The Bertz CT molecular complexity index is 795. The third kappa shape index (κ3) is 5.23. The highest BCUT2D eigenvalue weighted by Gasteiger charge is 2.21. The first-order valence-corrected chi connectivity index (χ1v) is 9.56. The van der Waals surface area contributed by atoms with Gasteiger partial charge in [-0.2, -0.15) is 0 Å². The maximum absolute atomic E-state index is 13.0. The molecule has 1 amide bonds. The van der Waals surface area contributed by atoms with Gasteiger partial charge in [-0.1, -0.05) is 6.07 Å². The van der Waals surface area contributed by atoms with Gasteiger partial charge < -0.3 is 14.8 Å². The van der Waals surface area contributed by atoms with E-state index in [0.717, 1.165) is 44.0 Å². The fourth-order valence-electron chi connectivity index (χ4n) is 3.64. The summed E-state index contributed by atoms with van der Waals surface area (Å²) in [7, 11) is 3.27. The monoisotopic (exact) mass is 386 g/mol. The van der Waals surface area contributed by atoms with Gasteiger partial charge in [0, 0.05) is 25.2 Å². The molecule has 0 radical (unpaired) electrons. The summed E-state index contributed by atoms with van der Waals surface area (Å²) in [5, 5.41) is 2.98. The second-order valence-electron chi connectivity index (χ2n) is 7.15. The molecular formula is C22H27FN2O3. The number of halogens is 1. The molecule has 1 saturated heterocycles. The molecule has 0 saturated carbocycles. The van der Waals surface area contributed by atoms with E-state index in [4.69, 9.17) is 9.47 Å². The molecule has 6 heteroatoms. The Balaban J connectivity index is 1.52. The number of ether oxygens (including phenoxy) is 2. The molecule has 1 atom stereocenters. The zero-order valence-corrected chi connectivity index (χ0v) is 16.4. The fourth-order valence-corrected chi connectivity index (χ4v) is 3.64. The van der Waals surface area contributed by atoms with Crippen molar-refractivity contribution in [1.29, 1.82) is 0 Å². The number of rotatable bonds is 7. The van der Waals surface area contributed by atoms with E-state index < -0.39 is 0 Å². The van der Waals surface area contributed by atoms with Crippen LogP contribution in [0.2, 0.25) is 0 Å². The summed E-state index contributed by atoms with van der Waals surface area (Å²) in [5.41, 5.74) is 1.66. The second-order valence-corrected chi connectivity index (χ2v) is 7.15. The number of hydrogen-bond acceptors (Lipinski definition) is 4. The first-order valence-electron chi connectivity index (χ1n) is 9.56. The van der Waals surface area contributed by atoms with Crippen LogP contribution in [0.25, 0.3) is 0 Å². The minimum Gasteiger partial charge on any atom is -0.493 e. The van der Waals surface area contributed by atoms with Crippen molar-refractivity contribution >= 4 is 5.91 Å². The van der Waals surface area contributed by atoms with Crippen molar-refractivity contribution in [3.63, 3.8) is 0 Å². The number of piperidine rings is 1. The van der Waals surface area contributed by atoms with Gasteiger partial charge in [0.25, 0.3) is 5.91 Å². The maximum Gasteiger partial charge on any atom is 0.251 e. The third-order valence-corrected chi connectivity index (χ3v) is 5.11. The second kappa shape index (κ2) is 9.55. The summed E-state index contributed by atoms with van der Waals surface area (Å²) < 4.78 is 23.7. The highest BCUT2D eigenvalue weighted by atomic mass is 19.1. The lowest BCUT2D eigenvalue weighted by Gasteiger charge is -2.33. The van der Waals surface area contributed by atoms with E-state index in [0.29, 0.717) is 18.0 Å². The van der Waals surface area contributed by atoms with E-state index in [1.807, 2.05) is 12.1 Å². The molecule has 1 heterocycles. The molecule has 1 N–H and O–H groups in total. The van der Waals surface area contributed by atoms with E-state index in [9.17, 15) is 9.18 Å². The fraction of sp³-hybridized carbons (Fsp3) is 0.409. The summed E-state index contributed by atoms with van der Waals surface area (Å²) >= 11 is 0. The van der Waals surface area contributed by atoms with Crippen LogP contribution in [0, 0.1) is 11.7 Å². The Kier molecular flexibility index (Phi) is 6.87. The topological polar surface area (TPSA) is 50.8 Å². The number of methoxy groups -OCH3 is 2. The number of hydrogen-bond donors (Lipinski definition) is 1. The van der Waals surface area contributed by atoms with Gasteiger partial charge >= 0.3 is 0 Å². The van der Waals surface area contributed by atoms with Crippen molar-refractivity contribution in [2.45, 2.75) is 19.4 Å². The zero-order chi connectivity index (χ0) is 19.9. The van der Waals surface area contributed by atoms with Crippen molar-refractivity contribution < 1.29 is 18.7 Å². The van der Waals surface area contributed by atoms with Crippen LogP contribution in [0.15, 0.2) is 42.5 Å². The Labute approximate surface area is 165 Å². The molecule has 5 nitrogen and oxygen atoms in total. The Hall–Kier alpha value is -2.60. The quantitative estimate of drug-likeness (QED) is 0.792. The van der Waals surface area contributed by atoms with Gasteiger partial charge in [0.2, 0.25) is 0 Å². The molecule has 2 aromatic carbocycles. The number of carbonyl (C=O) groups is 1. The summed E-state index contributed by atoms with van der Waals surface area (Å²) in [6.45, 7) is 3.43. The normalized spacial score (nSPS) is 17.2. The van der Waals surface area contributed by atoms with Crippen molar-refractivity contribution in [2.24, 2.45) is 5.92 Å². The summed E-state index contributed by atoms with van der Waals surface area (Å²) in [6, 6.07) is 11.6. The largest absolute Gasteiger partial charge is 0.493 e. The van der Waals surface area contributed by atoms with Crippen LogP contribution >= 0.6 is 0 Å². The van der Waals surface area contributed by atoms with Gasteiger partial charge in [-0.15, -0.1) is 0 Å². The molecule has 0 aromatic heterocycles. The maximum atomic E-state index is 13.0. The van der Waals surface area contributed by atoms with Gasteiger partial charge in [-0.25, -0.2) is 4.39 Å². The molecule has 3 rings (SSSR count). The molecule has 1 aliphatic heterocycles. The van der Waals surface area contributed by atoms with Gasteiger partial charge in [0.05, 0.1) is 14.2 Å². The first kappa shape index (κ1) is 20.1. The van der Waals surface area contributed by atoms with Crippen molar-refractivity contribution in [3.05, 3.63) is 59.4 Å². The highest BCUT2D eigenvalue weighted by molar-refractivity contribution is 5.94. The van der Waals surface area contributed by atoms with Gasteiger partial charge in [-0.3, -0.25) is 9.69 Å². The lowest BCUT2D eigenvalue weighted by atomic mass is 9.97. The Morgan fingerprint density at radius 3 is 2.61 bits per heavy atom. The Morgan fingerprint density at radius 1 is 1.14 bits per heavy atom. The molecule has 0 spiro atoms. The molecule has 0 aliphatic carbocycles. The van der Waals surface area contributed by atoms with Crippen LogP contribution in [0.3, 0.4) is 0 Å². The number of likely N-dealkylation sites (tertiary alicyclic amines) is 1. The highest BCUT2D eigenvalue weighted by Crippen LogP contribution is 2.28. The van der Waals surface area contributed by atoms with Crippen LogP contribution in [-0.2, 0) is 6.54 Å². The number of amides is 1.